The first kappa shape index (κ1) is 17.9. The number of nitrogens with one attached hydrogen (secondary N) is 1. The quantitative estimate of drug-likeness (QED) is 0.881. The molecule has 134 valence electrons. The van der Waals surface area contributed by atoms with Gasteiger partial charge in [0.2, 0.25) is 5.91 Å². The van der Waals surface area contributed by atoms with Crippen molar-refractivity contribution in [1.82, 2.24) is 10.2 Å². The zero-order valence-electron chi connectivity index (χ0n) is 15.7. The fourth-order valence-corrected chi connectivity index (χ4v) is 4.04. The van der Waals surface area contributed by atoms with Crippen LogP contribution in [-0.2, 0) is 10.3 Å². The van der Waals surface area contributed by atoms with E-state index in [2.05, 4.69) is 73.5 Å². The van der Waals surface area contributed by atoms with Crippen LogP contribution in [0.2, 0.25) is 0 Å². The minimum Gasteiger partial charge on any atom is -0.347 e. The van der Waals surface area contributed by atoms with E-state index in [0.29, 0.717) is 0 Å². The Labute approximate surface area is 151 Å². The van der Waals surface area contributed by atoms with Gasteiger partial charge in [-0.05, 0) is 62.5 Å². The lowest BCUT2D eigenvalue weighted by Gasteiger charge is -2.35. The van der Waals surface area contributed by atoms with Gasteiger partial charge in [0.15, 0.2) is 0 Å². The van der Waals surface area contributed by atoms with E-state index >= 15 is 0 Å². The molecule has 1 saturated heterocycles. The number of amides is 1. The summed E-state index contributed by atoms with van der Waals surface area (Å²) >= 11 is 0. The van der Waals surface area contributed by atoms with E-state index in [1.807, 2.05) is 0 Å². The zero-order valence-corrected chi connectivity index (χ0v) is 15.7. The number of piperidine rings is 1. The van der Waals surface area contributed by atoms with Crippen LogP contribution in [0.5, 0.6) is 0 Å². The molecule has 0 aromatic heterocycles. The second-order valence-corrected chi connectivity index (χ2v) is 7.78. The van der Waals surface area contributed by atoms with Crippen LogP contribution >= 0.6 is 0 Å². The summed E-state index contributed by atoms with van der Waals surface area (Å²) in [4.78, 5) is 15.4. The van der Waals surface area contributed by atoms with Crippen molar-refractivity contribution in [3.63, 3.8) is 0 Å². The lowest BCUT2D eigenvalue weighted by molar-refractivity contribution is -0.128. The number of benzene rings is 2. The summed E-state index contributed by atoms with van der Waals surface area (Å²) in [5.74, 6) is 0.299. The van der Waals surface area contributed by atoms with Gasteiger partial charge in [-0.3, -0.25) is 4.79 Å². The number of carbonyl (C=O) groups excluding carboxylic acids is 1. The second-order valence-electron chi connectivity index (χ2n) is 7.78. The molecule has 3 heteroatoms. The summed E-state index contributed by atoms with van der Waals surface area (Å²) in [5, 5.41) is 5.76. The predicted molar refractivity (Wildman–Crippen MR) is 105 cm³/mol. The highest BCUT2D eigenvalue weighted by Crippen LogP contribution is 2.29. The molecule has 1 atom stereocenters. The largest absolute Gasteiger partial charge is 0.347 e. The smallest absolute Gasteiger partial charge is 0.225 e. The summed E-state index contributed by atoms with van der Waals surface area (Å²) in [6, 6.07) is 14.7. The molecule has 1 heterocycles. The van der Waals surface area contributed by atoms with Crippen molar-refractivity contribution in [2.75, 3.05) is 19.6 Å². The third kappa shape index (κ3) is 4.04. The van der Waals surface area contributed by atoms with E-state index < -0.39 is 0 Å². The summed E-state index contributed by atoms with van der Waals surface area (Å²) in [6.45, 7) is 9.54. The molecule has 3 nitrogen and oxygen atoms in total. The molecule has 1 fully saturated rings. The Kier molecular flexibility index (Phi) is 5.43. The van der Waals surface area contributed by atoms with E-state index in [-0.39, 0.29) is 17.4 Å². The van der Waals surface area contributed by atoms with Crippen molar-refractivity contribution in [2.45, 2.75) is 45.6 Å². The standard InChI is InChI=1S/C22H30N2O/c1-4-14-24-15-8-11-18(16-24)21(25)23-22(2,3)20-13-7-10-17-9-5-6-12-19(17)20/h5-7,9-10,12-13,18H,4,8,11,14-16H2,1-3H3,(H,23,25)/t18-/m0/s1. The molecule has 2 aromatic carbocycles. The van der Waals surface area contributed by atoms with E-state index in [1.165, 1.54) is 16.3 Å². The van der Waals surface area contributed by atoms with Crippen LogP contribution in [-0.4, -0.2) is 30.4 Å². The zero-order chi connectivity index (χ0) is 17.9. The average molecular weight is 338 g/mol. The van der Waals surface area contributed by atoms with Crippen LogP contribution in [0, 0.1) is 5.92 Å². The van der Waals surface area contributed by atoms with E-state index in [9.17, 15) is 4.79 Å². The SMILES string of the molecule is CCCN1CCC[C@H](C(=O)NC(C)(C)c2cccc3ccccc23)C1. The first-order valence-corrected chi connectivity index (χ1v) is 9.54. The van der Waals surface area contributed by atoms with E-state index in [4.69, 9.17) is 0 Å². The Hall–Kier alpha value is -1.87. The topological polar surface area (TPSA) is 32.3 Å². The van der Waals surface area contributed by atoms with Gasteiger partial charge < -0.3 is 10.2 Å². The molecule has 0 spiro atoms. The van der Waals surface area contributed by atoms with Crippen LogP contribution in [0.3, 0.4) is 0 Å². The lowest BCUT2D eigenvalue weighted by atomic mass is 9.88. The van der Waals surface area contributed by atoms with Crippen molar-refractivity contribution in [3.05, 3.63) is 48.0 Å². The minimum absolute atomic E-state index is 0.106. The van der Waals surface area contributed by atoms with Crippen LogP contribution in [0.25, 0.3) is 10.8 Å². The van der Waals surface area contributed by atoms with E-state index in [0.717, 1.165) is 38.9 Å². The molecule has 1 N–H and O–H groups in total. The second kappa shape index (κ2) is 7.57. The summed E-state index contributed by atoms with van der Waals surface area (Å²) < 4.78 is 0. The van der Waals surface area contributed by atoms with Crippen LogP contribution < -0.4 is 5.32 Å². The molecule has 2 aromatic rings. The van der Waals surface area contributed by atoms with Crippen molar-refractivity contribution >= 4 is 16.7 Å². The van der Waals surface area contributed by atoms with Gasteiger partial charge in [-0.25, -0.2) is 0 Å². The first-order valence-electron chi connectivity index (χ1n) is 9.54. The molecule has 1 aliphatic rings. The molecule has 0 bridgehead atoms. The summed E-state index contributed by atoms with van der Waals surface area (Å²) in [5.41, 5.74) is 0.797. The van der Waals surface area contributed by atoms with Crippen LogP contribution in [0.4, 0.5) is 0 Å². The monoisotopic (exact) mass is 338 g/mol. The molecule has 0 saturated carbocycles. The number of rotatable bonds is 5. The Bertz CT molecular complexity index is 730. The van der Waals surface area contributed by atoms with Gasteiger partial charge in [0.05, 0.1) is 11.5 Å². The number of carbonyl (C=O) groups is 1. The van der Waals surface area contributed by atoms with Crippen molar-refractivity contribution in [2.24, 2.45) is 5.92 Å². The predicted octanol–water partition coefficient (Wildman–Crippen LogP) is 4.31. The van der Waals surface area contributed by atoms with Gasteiger partial charge in [0, 0.05) is 6.54 Å². The third-order valence-corrected chi connectivity index (χ3v) is 5.31. The Balaban J connectivity index is 1.77. The molecule has 0 radical (unpaired) electrons. The molecule has 0 aliphatic carbocycles. The summed E-state index contributed by atoms with van der Waals surface area (Å²) in [7, 11) is 0. The van der Waals surface area contributed by atoms with Gasteiger partial charge in [-0.2, -0.15) is 0 Å². The Morgan fingerprint density at radius 3 is 2.76 bits per heavy atom. The Morgan fingerprint density at radius 2 is 1.96 bits per heavy atom. The maximum atomic E-state index is 12.9. The minimum atomic E-state index is -0.384. The maximum absolute atomic E-state index is 12.9. The number of hydrogen-bond donors (Lipinski definition) is 1. The normalized spacial score (nSPS) is 19.1. The highest BCUT2D eigenvalue weighted by Gasteiger charge is 2.31. The average Bonchev–Trinajstić information content (AvgIpc) is 2.61. The molecule has 1 aliphatic heterocycles. The van der Waals surface area contributed by atoms with Gasteiger partial charge in [-0.1, -0.05) is 49.4 Å². The molecule has 1 amide bonds. The third-order valence-electron chi connectivity index (χ3n) is 5.31. The van der Waals surface area contributed by atoms with Crippen LogP contribution in [0.15, 0.2) is 42.5 Å². The Morgan fingerprint density at radius 1 is 1.20 bits per heavy atom. The molecule has 25 heavy (non-hydrogen) atoms. The highest BCUT2D eigenvalue weighted by molar-refractivity contribution is 5.87. The van der Waals surface area contributed by atoms with Gasteiger partial charge in [0.1, 0.15) is 0 Å². The summed E-state index contributed by atoms with van der Waals surface area (Å²) in [6.07, 6.45) is 3.26. The number of hydrogen-bond acceptors (Lipinski definition) is 2. The number of fused-ring (bicyclic) bond motifs is 1. The number of nitrogens with zero attached hydrogens (tertiary/aromatic N) is 1. The molecular weight excluding hydrogens is 308 g/mol. The molecular formula is C22H30N2O. The van der Waals surface area contributed by atoms with Gasteiger partial charge >= 0.3 is 0 Å². The van der Waals surface area contributed by atoms with Crippen LogP contribution in [0.1, 0.15) is 45.6 Å². The number of likely N-dealkylation sites (tertiary alicyclic amines) is 1. The van der Waals surface area contributed by atoms with Gasteiger partial charge in [0.25, 0.3) is 0 Å². The fraction of sp³-hybridized carbons (Fsp3) is 0.500. The van der Waals surface area contributed by atoms with Crippen molar-refractivity contribution < 1.29 is 4.79 Å². The first-order chi connectivity index (χ1) is 12.0. The van der Waals surface area contributed by atoms with E-state index in [1.54, 1.807) is 0 Å². The molecule has 3 rings (SSSR count). The van der Waals surface area contributed by atoms with Crippen molar-refractivity contribution in [1.29, 1.82) is 0 Å². The lowest BCUT2D eigenvalue weighted by Crippen LogP contribution is -2.48. The van der Waals surface area contributed by atoms with Crippen molar-refractivity contribution in [3.8, 4) is 0 Å². The highest BCUT2D eigenvalue weighted by atomic mass is 16.2. The fourth-order valence-electron chi connectivity index (χ4n) is 4.04. The maximum Gasteiger partial charge on any atom is 0.225 e. The molecule has 0 unspecified atom stereocenters. The van der Waals surface area contributed by atoms with Gasteiger partial charge in [-0.15, -0.1) is 0 Å².